The second kappa shape index (κ2) is 7.67. The van der Waals surface area contributed by atoms with Gasteiger partial charge in [-0.15, -0.1) is 0 Å². The van der Waals surface area contributed by atoms with Gasteiger partial charge in [0, 0.05) is 22.8 Å². The van der Waals surface area contributed by atoms with E-state index in [1.54, 1.807) is 12.1 Å². The van der Waals surface area contributed by atoms with Crippen molar-refractivity contribution in [1.82, 2.24) is 4.31 Å². The fraction of sp³-hybridized carbons (Fsp3) is 0.222. The van der Waals surface area contributed by atoms with Crippen LogP contribution in [0.25, 0.3) is 0 Å². The molecule has 0 aliphatic carbocycles. The van der Waals surface area contributed by atoms with E-state index in [0.717, 1.165) is 0 Å². The molecule has 7 nitrogen and oxygen atoms in total. The molecule has 0 radical (unpaired) electrons. The topological polar surface area (TPSA) is 110 Å². The lowest BCUT2D eigenvalue weighted by atomic mass is 10.2. The van der Waals surface area contributed by atoms with Crippen molar-refractivity contribution in [3.05, 3.63) is 59.1 Å². The lowest BCUT2D eigenvalue weighted by Crippen LogP contribution is -2.43. The molecule has 2 amide bonds. The van der Waals surface area contributed by atoms with E-state index < -0.39 is 27.9 Å². The summed E-state index contributed by atoms with van der Waals surface area (Å²) in [5.74, 6) is -0.985. The molecule has 0 bridgehead atoms. The molecule has 1 aliphatic heterocycles. The van der Waals surface area contributed by atoms with Crippen LogP contribution in [0.1, 0.15) is 23.2 Å². The molecule has 0 unspecified atom stereocenters. The number of hydrogen-bond donors (Lipinski definition) is 2. The Bertz CT molecular complexity index is 959. The molecule has 0 aromatic heterocycles. The quantitative estimate of drug-likeness (QED) is 0.791. The maximum atomic E-state index is 12.9. The zero-order valence-electron chi connectivity index (χ0n) is 14.3. The first-order chi connectivity index (χ1) is 12.8. The zero-order chi connectivity index (χ0) is 19.6. The second-order valence-electron chi connectivity index (χ2n) is 6.16. The highest BCUT2D eigenvalue weighted by Gasteiger charge is 2.39. The van der Waals surface area contributed by atoms with Crippen LogP contribution in [0.4, 0.5) is 5.69 Å². The Morgan fingerprint density at radius 3 is 2.30 bits per heavy atom. The minimum atomic E-state index is -3.81. The first kappa shape index (κ1) is 19.3. The van der Waals surface area contributed by atoms with E-state index in [9.17, 15) is 18.0 Å². The maximum Gasteiger partial charge on any atom is 0.248 e. The van der Waals surface area contributed by atoms with Crippen LogP contribution in [-0.4, -0.2) is 37.1 Å². The molecule has 1 atom stereocenters. The Kier molecular flexibility index (Phi) is 5.50. The molecule has 27 heavy (non-hydrogen) atoms. The smallest absolute Gasteiger partial charge is 0.248 e. The summed E-state index contributed by atoms with van der Waals surface area (Å²) in [5, 5.41) is 3.13. The number of carbonyl (C=O) groups is 2. The number of nitrogens with one attached hydrogen (secondary N) is 1. The lowest BCUT2D eigenvalue weighted by molar-refractivity contribution is -0.119. The van der Waals surface area contributed by atoms with Gasteiger partial charge in [-0.3, -0.25) is 9.59 Å². The van der Waals surface area contributed by atoms with E-state index in [4.69, 9.17) is 17.3 Å². The van der Waals surface area contributed by atoms with Gasteiger partial charge >= 0.3 is 0 Å². The summed E-state index contributed by atoms with van der Waals surface area (Å²) in [6.45, 7) is 0.268. The lowest BCUT2D eigenvalue weighted by Gasteiger charge is -2.23. The molecule has 9 heteroatoms. The summed E-state index contributed by atoms with van der Waals surface area (Å²) in [7, 11) is -3.81. The molecule has 3 N–H and O–H groups in total. The second-order valence-corrected chi connectivity index (χ2v) is 8.49. The standard InChI is InChI=1S/C18H18ClN3O4S/c19-13-5-9-15(10-6-13)27(25,26)22-11-1-2-16(22)18(24)21-14-7-3-12(4-8-14)17(20)23/h3-10,16H,1-2,11H2,(H2,20,23)(H,21,24)/t16-/m1/s1. The maximum absolute atomic E-state index is 12.9. The van der Waals surface area contributed by atoms with Gasteiger partial charge in [0.15, 0.2) is 0 Å². The average molecular weight is 408 g/mol. The van der Waals surface area contributed by atoms with Crippen molar-refractivity contribution >= 4 is 39.1 Å². The van der Waals surface area contributed by atoms with E-state index in [2.05, 4.69) is 5.32 Å². The molecule has 1 saturated heterocycles. The molecule has 1 aliphatic rings. The number of carbonyl (C=O) groups excluding carboxylic acids is 2. The van der Waals surface area contributed by atoms with Crippen molar-refractivity contribution in [1.29, 1.82) is 0 Å². The SMILES string of the molecule is NC(=O)c1ccc(NC(=O)[C@H]2CCCN2S(=O)(=O)c2ccc(Cl)cc2)cc1. The van der Waals surface area contributed by atoms with Crippen LogP contribution in [0.3, 0.4) is 0 Å². The first-order valence-corrected chi connectivity index (χ1v) is 10.1. The summed E-state index contributed by atoms with van der Waals surface area (Å²) < 4.78 is 27.0. The van der Waals surface area contributed by atoms with Gasteiger partial charge < -0.3 is 11.1 Å². The summed E-state index contributed by atoms with van der Waals surface area (Å²) in [6, 6.07) is 11.1. The number of amides is 2. The number of rotatable bonds is 5. The van der Waals surface area contributed by atoms with Crippen LogP contribution in [0, 0.1) is 0 Å². The number of hydrogen-bond acceptors (Lipinski definition) is 4. The minimum absolute atomic E-state index is 0.0948. The van der Waals surface area contributed by atoms with Gasteiger partial charge in [0.1, 0.15) is 6.04 Å². The van der Waals surface area contributed by atoms with E-state index in [-0.39, 0.29) is 11.4 Å². The molecule has 1 heterocycles. The summed E-state index contributed by atoms with van der Waals surface area (Å²) in [4.78, 5) is 23.8. The normalized spacial score (nSPS) is 17.6. The number of nitrogens with two attached hydrogens (primary N) is 1. The molecule has 3 rings (SSSR count). The number of primary amides is 1. The molecule has 2 aromatic carbocycles. The van der Waals surface area contributed by atoms with E-state index in [1.807, 2.05) is 0 Å². The molecule has 0 saturated carbocycles. The van der Waals surface area contributed by atoms with Crippen LogP contribution in [0.5, 0.6) is 0 Å². The number of nitrogens with zero attached hydrogens (tertiary/aromatic N) is 1. The van der Waals surface area contributed by atoms with Gasteiger partial charge in [0.2, 0.25) is 21.8 Å². The van der Waals surface area contributed by atoms with Crippen molar-refractivity contribution < 1.29 is 18.0 Å². The number of halogens is 1. The highest BCUT2D eigenvalue weighted by Crippen LogP contribution is 2.27. The van der Waals surface area contributed by atoms with Crippen molar-refractivity contribution in [3.8, 4) is 0 Å². The number of anilines is 1. The fourth-order valence-electron chi connectivity index (χ4n) is 2.98. The van der Waals surface area contributed by atoms with Crippen LogP contribution in [0.15, 0.2) is 53.4 Å². The van der Waals surface area contributed by atoms with E-state index in [0.29, 0.717) is 29.1 Å². The third-order valence-corrected chi connectivity index (χ3v) is 6.54. The highest BCUT2D eigenvalue weighted by molar-refractivity contribution is 7.89. The molecule has 2 aromatic rings. The summed E-state index contributed by atoms with van der Waals surface area (Å²) in [6.07, 6.45) is 1.02. The molecular formula is C18H18ClN3O4S. The largest absolute Gasteiger partial charge is 0.366 e. The predicted molar refractivity (Wildman–Crippen MR) is 102 cm³/mol. The fourth-order valence-corrected chi connectivity index (χ4v) is 4.76. The number of sulfonamides is 1. The zero-order valence-corrected chi connectivity index (χ0v) is 15.8. The van der Waals surface area contributed by atoms with Gasteiger partial charge in [-0.1, -0.05) is 11.6 Å². The third kappa shape index (κ3) is 4.13. The first-order valence-electron chi connectivity index (χ1n) is 8.27. The molecule has 142 valence electrons. The van der Waals surface area contributed by atoms with Gasteiger partial charge in [-0.2, -0.15) is 4.31 Å². The Balaban J connectivity index is 1.78. The van der Waals surface area contributed by atoms with Crippen LogP contribution < -0.4 is 11.1 Å². The van der Waals surface area contributed by atoms with E-state index in [1.165, 1.54) is 40.7 Å². The van der Waals surface area contributed by atoms with Gasteiger partial charge in [-0.25, -0.2) is 8.42 Å². The molecule has 0 spiro atoms. The van der Waals surface area contributed by atoms with Gasteiger partial charge in [-0.05, 0) is 61.4 Å². The van der Waals surface area contributed by atoms with Gasteiger partial charge in [0.25, 0.3) is 0 Å². The van der Waals surface area contributed by atoms with Crippen LogP contribution in [-0.2, 0) is 14.8 Å². The third-order valence-electron chi connectivity index (χ3n) is 4.36. The van der Waals surface area contributed by atoms with Gasteiger partial charge in [0.05, 0.1) is 4.90 Å². The van der Waals surface area contributed by atoms with Crippen LogP contribution in [0.2, 0.25) is 5.02 Å². The predicted octanol–water partition coefficient (Wildman–Crippen LogP) is 2.23. The summed E-state index contributed by atoms with van der Waals surface area (Å²) in [5.41, 5.74) is 5.97. The molecule has 1 fully saturated rings. The summed E-state index contributed by atoms with van der Waals surface area (Å²) >= 11 is 5.82. The Morgan fingerprint density at radius 1 is 1.07 bits per heavy atom. The monoisotopic (exact) mass is 407 g/mol. The van der Waals surface area contributed by atoms with Crippen LogP contribution >= 0.6 is 11.6 Å². The Labute approximate surface area is 162 Å². The van der Waals surface area contributed by atoms with Crippen molar-refractivity contribution in [2.45, 2.75) is 23.8 Å². The van der Waals surface area contributed by atoms with Crippen molar-refractivity contribution in [2.75, 3.05) is 11.9 Å². The van der Waals surface area contributed by atoms with E-state index >= 15 is 0 Å². The minimum Gasteiger partial charge on any atom is -0.366 e. The molecular weight excluding hydrogens is 390 g/mol. The van der Waals surface area contributed by atoms with Crippen molar-refractivity contribution in [2.24, 2.45) is 5.73 Å². The Hall–Kier alpha value is -2.42. The highest BCUT2D eigenvalue weighted by atomic mass is 35.5. The number of benzene rings is 2. The average Bonchev–Trinajstić information content (AvgIpc) is 3.13. The van der Waals surface area contributed by atoms with Crippen molar-refractivity contribution in [3.63, 3.8) is 0 Å². The Morgan fingerprint density at radius 2 is 1.70 bits per heavy atom.